The molecule has 0 heterocycles. The van der Waals surface area contributed by atoms with Crippen LogP contribution in [0.4, 0.5) is 5.69 Å². The molecule has 0 aliphatic rings. The molecule has 0 spiro atoms. The molecule has 0 aromatic heterocycles. The monoisotopic (exact) mass is 657 g/mol. The van der Waals surface area contributed by atoms with Gasteiger partial charge in [0.25, 0.3) is 10.0 Å². The topological polar surface area (TPSA) is 86.8 Å². The Balaban J connectivity index is 2.08. The van der Waals surface area contributed by atoms with Crippen molar-refractivity contribution in [1.82, 2.24) is 10.2 Å². The minimum atomic E-state index is -4.25. The largest absolute Gasteiger partial charge is 0.352 e. The van der Waals surface area contributed by atoms with Crippen LogP contribution in [0.1, 0.15) is 39.2 Å². The number of nitrogens with zero attached hydrogens (tertiary/aromatic N) is 2. The van der Waals surface area contributed by atoms with Gasteiger partial charge in [0.15, 0.2) is 0 Å². The quantitative estimate of drug-likeness (QED) is 0.223. The van der Waals surface area contributed by atoms with Crippen LogP contribution >= 0.6 is 46.4 Å². The average Bonchev–Trinajstić information content (AvgIpc) is 2.92. The van der Waals surface area contributed by atoms with E-state index in [1.54, 1.807) is 43.3 Å². The summed E-state index contributed by atoms with van der Waals surface area (Å²) in [6.07, 6.45) is 0.974. The number of halogens is 4. The SMILES string of the molecule is CCC(C)NC(=O)C(CC)N(Cc1ccc(Cl)cc1Cl)C(=O)CN(c1cccc(Cl)c1)S(=O)(=O)c1ccc(Cl)cc1. The van der Waals surface area contributed by atoms with Gasteiger partial charge in [-0.15, -0.1) is 0 Å². The number of rotatable bonds is 12. The van der Waals surface area contributed by atoms with Gasteiger partial charge in [-0.2, -0.15) is 0 Å². The van der Waals surface area contributed by atoms with E-state index < -0.39 is 28.5 Å². The summed E-state index contributed by atoms with van der Waals surface area (Å²) in [4.78, 5) is 28.7. The van der Waals surface area contributed by atoms with Crippen LogP contribution in [0.15, 0.2) is 71.6 Å². The number of hydrogen-bond donors (Lipinski definition) is 1. The molecule has 12 heteroatoms. The highest BCUT2D eigenvalue weighted by molar-refractivity contribution is 7.92. The van der Waals surface area contributed by atoms with Crippen molar-refractivity contribution in [2.24, 2.45) is 0 Å². The van der Waals surface area contributed by atoms with Crippen molar-refractivity contribution < 1.29 is 18.0 Å². The maximum absolute atomic E-state index is 14.1. The predicted molar refractivity (Wildman–Crippen MR) is 166 cm³/mol. The predicted octanol–water partition coefficient (Wildman–Crippen LogP) is 7.22. The minimum Gasteiger partial charge on any atom is -0.352 e. The summed E-state index contributed by atoms with van der Waals surface area (Å²) >= 11 is 24.7. The minimum absolute atomic E-state index is 0.0500. The first-order chi connectivity index (χ1) is 19.4. The summed E-state index contributed by atoms with van der Waals surface area (Å²) in [5, 5.41) is 4.31. The normalized spacial score (nSPS) is 12.9. The molecule has 3 aromatic carbocycles. The van der Waals surface area contributed by atoms with Gasteiger partial charge in [-0.25, -0.2) is 8.42 Å². The van der Waals surface area contributed by atoms with E-state index in [2.05, 4.69) is 5.32 Å². The van der Waals surface area contributed by atoms with E-state index in [9.17, 15) is 18.0 Å². The third-order valence-corrected chi connectivity index (χ3v) is 9.38. The van der Waals surface area contributed by atoms with Crippen molar-refractivity contribution in [3.8, 4) is 0 Å². The molecule has 2 atom stereocenters. The Morgan fingerprint density at radius 1 is 0.854 bits per heavy atom. The summed E-state index contributed by atoms with van der Waals surface area (Å²) in [6.45, 7) is 4.93. The van der Waals surface area contributed by atoms with Gasteiger partial charge < -0.3 is 10.2 Å². The van der Waals surface area contributed by atoms with Gasteiger partial charge in [-0.1, -0.05) is 72.4 Å². The molecule has 3 aromatic rings. The molecule has 41 heavy (non-hydrogen) atoms. The van der Waals surface area contributed by atoms with Crippen LogP contribution in [-0.2, 0) is 26.2 Å². The summed E-state index contributed by atoms with van der Waals surface area (Å²) in [5.74, 6) is -0.963. The maximum Gasteiger partial charge on any atom is 0.264 e. The van der Waals surface area contributed by atoms with Gasteiger partial charge in [-0.3, -0.25) is 13.9 Å². The molecule has 3 rings (SSSR count). The number of carbonyl (C=O) groups excluding carboxylic acids is 2. The lowest BCUT2D eigenvalue weighted by Gasteiger charge is -2.34. The Hall–Kier alpha value is -2.49. The van der Waals surface area contributed by atoms with Crippen LogP contribution in [0.5, 0.6) is 0 Å². The lowest BCUT2D eigenvalue weighted by atomic mass is 10.1. The fourth-order valence-electron chi connectivity index (χ4n) is 4.09. The summed E-state index contributed by atoms with van der Waals surface area (Å²) in [5.41, 5.74) is 0.733. The fourth-order valence-corrected chi connectivity index (χ4v) is 6.27. The van der Waals surface area contributed by atoms with Gasteiger partial charge in [0, 0.05) is 32.7 Å². The molecule has 2 amide bonds. The smallest absolute Gasteiger partial charge is 0.264 e. The number of carbonyl (C=O) groups is 2. The molecule has 0 aliphatic carbocycles. The van der Waals surface area contributed by atoms with Gasteiger partial charge >= 0.3 is 0 Å². The molecule has 1 N–H and O–H groups in total. The van der Waals surface area contributed by atoms with Crippen LogP contribution < -0.4 is 9.62 Å². The van der Waals surface area contributed by atoms with E-state index >= 15 is 0 Å². The van der Waals surface area contributed by atoms with E-state index in [0.29, 0.717) is 27.1 Å². The van der Waals surface area contributed by atoms with Crippen LogP contribution in [0.3, 0.4) is 0 Å². The van der Waals surface area contributed by atoms with Crippen LogP contribution in [-0.4, -0.2) is 43.8 Å². The van der Waals surface area contributed by atoms with Crippen molar-refractivity contribution in [1.29, 1.82) is 0 Å². The molecule has 0 saturated carbocycles. The summed E-state index contributed by atoms with van der Waals surface area (Å²) in [6, 6.07) is 15.6. The van der Waals surface area contributed by atoms with Crippen molar-refractivity contribution in [3.63, 3.8) is 0 Å². The van der Waals surface area contributed by atoms with Crippen molar-refractivity contribution in [2.75, 3.05) is 10.8 Å². The Bertz CT molecular complexity index is 1490. The van der Waals surface area contributed by atoms with Gasteiger partial charge in [0.05, 0.1) is 10.6 Å². The maximum atomic E-state index is 14.1. The first-order valence-corrected chi connectivity index (χ1v) is 15.9. The zero-order valence-corrected chi connectivity index (χ0v) is 26.6. The molecule has 0 fully saturated rings. The zero-order valence-electron chi connectivity index (χ0n) is 22.8. The average molecular weight is 659 g/mol. The zero-order chi connectivity index (χ0) is 30.3. The van der Waals surface area contributed by atoms with Gasteiger partial charge in [0.2, 0.25) is 11.8 Å². The highest BCUT2D eigenvalue weighted by Crippen LogP contribution is 2.29. The molecule has 0 bridgehead atoms. The summed E-state index contributed by atoms with van der Waals surface area (Å²) in [7, 11) is -4.25. The Kier molecular flexibility index (Phi) is 11.8. The van der Waals surface area contributed by atoms with Crippen molar-refractivity contribution >= 4 is 73.9 Å². The lowest BCUT2D eigenvalue weighted by Crippen LogP contribution is -2.53. The molecule has 0 saturated heterocycles. The fraction of sp³-hybridized carbons (Fsp3) is 0.310. The Morgan fingerprint density at radius 3 is 2.07 bits per heavy atom. The second kappa shape index (κ2) is 14.6. The van der Waals surface area contributed by atoms with Gasteiger partial charge in [0.1, 0.15) is 12.6 Å². The lowest BCUT2D eigenvalue weighted by molar-refractivity contribution is -0.140. The molecular formula is C29H31Cl4N3O4S. The van der Waals surface area contributed by atoms with E-state index in [-0.39, 0.29) is 40.5 Å². The van der Waals surface area contributed by atoms with Crippen LogP contribution in [0.25, 0.3) is 0 Å². The number of nitrogens with one attached hydrogen (secondary N) is 1. The highest BCUT2D eigenvalue weighted by Gasteiger charge is 2.34. The molecule has 2 unspecified atom stereocenters. The Labute approximate surface area is 261 Å². The van der Waals surface area contributed by atoms with E-state index in [4.69, 9.17) is 46.4 Å². The molecule has 7 nitrogen and oxygen atoms in total. The molecule has 0 aliphatic heterocycles. The first kappa shape index (κ1) is 33.0. The molecular weight excluding hydrogens is 628 g/mol. The van der Waals surface area contributed by atoms with Crippen LogP contribution in [0.2, 0.25) is 20.1 Å². The standard InChI is InChI=1S/C29H31Cl4N3O4S/c1-4-19(3)34-29(38)27(5-2)35(17-20-9-10-23(32)16-26(20)33)28(37)18-36(24-8-6-7-22(31)15-24)41(39,40)25-13-11-21(30)12-14-25/h6-16,19,27H,4-5,17-18H2,1-3H3,(H,34,38). The van der Waals surface area contributed by atoms with Crippen molar-refractivity contribution in [2.45, 2.75) is 57.1 Å². The second-order valence-corrected chi connectivity index (χ2v) is 13.0. The van der Waals surface area contributed by atoms with E-state index in [1.165, 1.54) is 35.2 Å². The summed E-state index contributed by atoms with van der Waals surface area (Å²) < 4.78 is 28.7. The molecule has 0 radical (unpaired) electrons. The second-order valence-electron chi connectivity index (χ2n) is 9.44. The van der Waals surface area contributed by atoms with Crippen molar-refractivity contribution in [3.05, 3.63) is 92.4 Å². The van der Waals surface area contributed by atoms with E-state index in [0.717, 1.165) is 4.31 Å². The van der Waals surface area contributed by atoms with E-state index in [1.807, 2.05) is 13.8 Å². The number of amides is 2. The third kappa shape index (κ3) is 8.52. The molecule has 220 valence electrons. The highest BCUT2D eigenvalue weighted by atomic mass is 35.5. The first-order valence-electron chi connectivity index (χ1n) is 12.9. The number of sulfonamides is 1. The van der Waals surface area contributed by atoms with Gasteiger partial charge in [-0.05, 0) is 79.9 Å². The van der Waals surface area contributed by atoms with Crippen LogP contribution in [0, 0.1) is 0 Å². The number of benzene rings is 3. The number of anilines is 1. The number of hydrogen-bond acceptors (Lipinski definition) is 4. The Morgan fingerprint density at radius 2 is 1.49 bits per heavy atom. The third-order valence-electron chi connectivity index (χ3n) is 6.52.